The van der Waals surface area contributed by atoms with Crippen LogP contribution in [0, 0.1) is 12.3 Å². The van der Waals surface area contributed by atoms with Gasteiger partial charge in [0.15, 0.2) is 0 Å². The van der Waals surface area contributed by atoms with Gasteiger partial charge in [0, 0.05) is 49.1 Å². The number of hydrogen-bond acceptors (Lipinski definition) is 5. The van der Waals surface area contributed by atoms with Crippen LogP contribution in [-0.2, 0) is 22.6 Å². The number of carbonyl (C=O) groups is 1. The fourth-order valence-corrected chi connectivity index (χ4v) is 4.69. The minimum absolute atomic E-state index is 0.0963. The summed E-state index contributed by atoms with van der Waals surface area (Å²) in [5.74, 6) is 0.236. The van der Waals surface area contributed by atoms with Crippen molar-refractivity contribution in [2.45, 2.75) is 26.4 Å². The highest BCUT2D eigenvalue weighted by Crippen LogP contribution is 2.35. The minimum Gasteiger partial charge on any atom is -0.379 e. The predicted molar refractivity (Wildman–Crippen MR) is 102 cm³/mol. The molecule has 0 saturated carbocycles. The third-order valence-electron chi connectivity index (χ3n) is 5.41. The quantitative estimate of drug-likeness (QED) is 0.829. The third-order valence-corrected chi connectivity index (χ3v) is 6.17. The molecular weight excluding hydrogens is 346 g/mol. The molecule has 2 fully saturated rings. The molecular formula is C20H25N3O2S. The Hall–Kier alpha value is -1.76. The van der Waals surface area contributed by atoms with Crippen molar-refractivity contribution in [3.63, 3.8) is 0 Å². The molecule has 4 rings (SSSR count). The van der Waals surface area contributed by atoms with Crippen LogP contribution in [-0.4, -0.2) is 53.5 Å². The maximum atomic E-state index is 12.6. The average molecular weight is 372 g/mol. The third kappa shape index (κ3) is 3.82. The molecule has 1 atom stereocenters. The zero-order valence-electron chi connectivity index (χ0n) is 15.2. The van der Waals surface area contributed by atoms with Crippen LogP contribution in [0.2, 0.25) is 0 Å². The number of aryl methyl sites for hydroxylation is 1. The highest BCUT2D eigenvalue weighted by Gasteiger charge is 2.45. The fourth-order valence-electron chi connectivity index (χ4n) is 4.08. The van der Waals surface area contributed by atoms with Gasteiger partial charge in [0.1, 0.15) is 0 Å². The van der Waals surface area contributed by atoms with Gasteiger partial charge in [0.25, 0.3) is 0 Å². The van der Waals surface area contributed by atoms with Gasteiger partial charge < -0.3 is 9.64 Å². The van der Waals surface area contributed by atoms with Crippen LogP contribution in [0.15, 0.2) is 36.0 Å². The lowest BCUT2D eigenvalue weighted by molar-refractivity contribution is -0.128. The Bertz CT molecular complexity index is 764. The molecule has 0 N–H and O–H groups in total. The molecule has 1 spiro atoms. The molecule has 5 nitrogen and oxygen atoms in total. The zero-order chi connectivity index (χ0) is 18.0. The molecule has 2 aromatic rings. The second-order valence-electron chi connectivity index (χ2n) is 7.58. The van der Waals surface area contributed by atoms with Crippen molar-refractivity contribution in [2.24, 2.45) is 5.41 Å². The van der Waals surface area contributed by atoms with Gasteiger partial charge in [-0.1, -0.05) is 24.3 Å². The summed E-state index contributed by atoms with van der Waals surface area (Å²) in [7, 11) is 0. The Balaban J connectivity index is 1.47. The molecule has 2 aliphatic rings. The summed E-state index contributed by atoms with van der Waals surface area (Å²) >= 11 is 1.61. The van der Waals surface area contributed by atoms with Gasteiger partial charge in [-0.25, -0.2) is 0 Å². The first-order valence-electron chi connectivity index (χ1n) is 9.13. The second-order valence-corrected chi connectivity index (χ2v) is 8.55. The Morgan fingerprint density at radius 3 is 2.96 bits per heavy atom. The van der Waals surface area contributed by atoms with E-state index >= 15 is 0 Å². The summed E-state index contributed by atoms with van der Waals surface area (Å²) in [6.07, 6.45) is 2.44. The minimum atomic E-state index is -0.0963. The van der Waals surface area contributed by atoms with Crippen molar-refractivity contribution in [1.82, 2.24) is 14.8 Å². The molecule has 0 unspecified atom stereocenters. The topological polar surface area (TPSA) is 45.7 Å². The molecule has 2 aliphatic heterocycles. The number of amides is 1. The number of hydrogen-bond donors (Lipinski definition) is 0. The summed E-state index contributed by atoms with van der Waals surface area (Å²) in [6.45, 7) is 7.75. The van der Waals surface area contributed by atoms with E-state index in [9.17, 15) is 4.79 Å². The Morgan fingerprint density at radius 2 is 2.15 bits per heavy atom. The van der Waals surface area contributed by atoms with E-state index in [1.807, 2.05) is 16.6 Å². The van der Waals surface area contributed by atoms with Crippen LogP contribution >= 0.6 is 11.3 Å². The maximum absolute atomic E-state index is 12.6. The number of benzene rings is 1. The summed E-state index contributed by atoms with van der Waals surface area (Å²) in [5, 5.41) is 0. The summed E-state index contributed by atoms with van der Waals surface area (Å²) in [6, 6.07) is 8.54. The van der Waals surface area contributed by atoms with E-state index in [1.54, 1.807) is 11.3 Å². The Morgan fingerprint density at radius 1 is 1.27 bits per heavy atom. The number of aromatic nitrogens is 1. The molecule has 26 heavy (non-hydrogen) atoms. The highest BCUT2D eigenvalue weighted by molar-refractivity contribution is 7.09. The van der Waals surface area contributed by atoms with Gasteiger partial charge >= 0.3 is 0 Å². The van der Waals surface area contributed by atoms with E-state index in [1.165, 1.54) is 11.1 Å². The molecule has 6 heteroatoms. The van der Waals surface area contributed by atoms with Crippen LogP contribution in [0.3, 0.4) is 0 Å². The number of ether oxygens (including phenoxy) is 1. The van der Waals surface area contributed by atoms with E-state index in [-0.39, 0.29) is 11.3 Å². The van der Waals surface area contributed by atoms with Gasteiger partial charge in [-0.15, -0.1) is 11.3 Å². The zero-order valence-corrected chi connectivity index (χ0v) is 16.0. The molecule has 0 radical (unpaired) electrons. The van der Waals surface area contributed by atoms with Crippen molar-refractivity contribution < 1.29 is 9.53 Å². The molecule has 3 heterocycles. The second kappa shape index (κ2) is 7.47. The average Bonchev–Trinajstić information content (AvgIpc) is 3.17. The summed E-state index contributed by atoms with van der Waals surface area (Å²) in [5.41, 5.74) is 4.40. The monoisotopic (exact) mass is 371 g/mol. The molecule has 1 aromatic heterocycles. The first-order valence-corrected chi connectivity index (χ1v) is 10.0. The van der Waals surface area contributed by atoms with Crippen LogP contribution in [0.5, 0.6) is 0 Å². The van der Waals surface area contributed by atoms with Crippen molar-refractivity contribution in [1.29, 1.82) is 0 Å². The van der Waals surface area contributed by atoms with E-state index in [2.05, 4.69) is 41.1 Å². The van der Waals surface area contributed by atoms with E-state index < -0.39 is 0 Å². The first kappa shape index (κ1) is 17.6. The lowest BCUT2D eigenvalue weighted by atomic mass is 9.87. The number of thiazole rings is 1. The van der Waals surface area contributed by atoms with Gasteiger partial charge in [-0.05, 0) is 18.1 Å². The lowest BCUT2D eigenvalue weighted by Gasteiger charge is -2.31. The molecule has 2 saturated heterocycles. The van der Waals surface area contributed by atoms with Gasteiger partial charge in [-0.3, -0.25) is 14.7 Å². The largest absolute Gasteiger partial charge is 0.379 e. The van der Waals surface area contributed by atoms with Crippen LogP contribution in [0.25, 0.3) is 0 Å². The standard InChI is InChI=1S/C20H25N3O2S/c1-16-4-2-3-5-17(16)10-22-6-7-25-14-20(12-22)8-19(24)23(13-20)11-18-9-21-15-26-18/h2-5,9,15H,6-8,10-14H2,1H3/t20-/m1/s1. The molecule has 138 valence electrons. The van der Waals surface area contributed by atoms with Crippen molar-refractivity contribution in [3.8, 4) is 0 Å². The lowest BCUT2D eigenvalue weighted by Crippen LogP contribution is -2.40. The molecule has 1 aromatic carbocycles. The SMILES string of the molecule is Cc1ccccc1CN1CCOC[C@]2(CC(=O)N(Cc3cncs3)C2)C1. The van der Waals surface area contributed by atoms with E-state index in [4.69, 9.17) is 4.74 Å². The summed E-state index contributed by atoms with van der Waals surface area (Å²) < 4.78 is 5.93. The molecule has 0 bridgehead atoms. The predicted octanol–water partition coefficient (Wildman–Crippen LogP) is 2.70. The van der Waals surface area contributed by atoms with Gasteiger partial charge in [0.05, 0.1) is 25.3 Å². The van der Waals surface area contributed by atoms with Gasteiger partial charge in [-0.2, -0.15) is 0 Å². The van der Waals surface area contributed by atoms with Crippen LogP contribution in [0.1, 0.15) is 22.4 Å². The van der Waals surface area contributed by atoms with Crippen LogP contribution in [0.4, 0.5) is 0 Å². The Kier molecular flexibility index (Phi) is 5.07. The van der Waals surface area contributed by atoms with Crippen LogP contribution < -0.4 is 0 Å². The highest BCUT2D eigenvalue weighted by atomic mass is 32.1. The van der Waals surface area contributed by atoms with Crippen molar-refractivity contribution in [3.05, 3.63) is 52.0 Å². The fraction of sp³-hybridized carbons (Fsp3) is 0.500. The number of carbonyl (C=O) groups excluding carboxylic acids is 1. The number of likely N-dealkylation sites (tertiary alicyclic amines) is 1. The maximum Gasteiger partial charge on any atom is 0.223 e. The van der Waals surface area contributed by atoms with Crippen molar-refractivity contribution >= 4 is 17.2 Å². The first-order chi connectivity index (χ1) is 12.6. The molecule has 1 amide bonds. The summed E-state index contributed by atoms with van der Waals surface area (Å²) in [4.78, 5) is 22.3. The van der Waals surface area contributed by atoms with Crippen molar-refractivity contribution in [2.75, 3.05) is 32.8 Å². The van der Waals surface area contributed by atoms with E-state index in [0.717, 1.165) is 37.7 Å². The molecule has 0 aliphatic carbocycles. The smallest absolute Gasteiger partial charge is 0.223 e. The number of rotatable bonds is 4. The Labute approximate surface area is 158 Å². The van der Waals surface area contributed by atoms with Gasteiger partial charge in [0.2, 0.25) is 5.91 Å². The number of nitrogens with zero attached hydrogens (tertiary/aromatic N) is 3. The van der Waals surface area contributed by atoms with E-state index in [0.29, 0.717) is 19.6 Å². The normalized spacial score (nSPS) is 24.3.